The number of rotatable bonds is 0. The fraction of sp³-hybridized carbons (Fsp3) is 1.00. The summed E-state index contributed by atoms with van der Waals surface area (Å²) in [6.45, 7) is 5.09. The fourth-order valence-corrected chi connectivity index (χ4v) is 5.16. The Bertz CT molecular complexity index is 231. The minimum Gasteiger partial charge on any atom is -0.0622 e. The topological polar surface area (TPSA) is 0 Å². The molecule has 5 saturated carbocycles. The molecular weight excluding hydrogens is 204 g/mol. The molecule has 5 rings (SSSR count). The fourth-order valence-electron chi connectivity index (χ4n) is 5.16. The van der Waals surface area contributed by atoms with Gasteiger partial charge in [-0.15, -0.1) is 0 Å². The third-order valence-electron chi connectivity index (χ3n) is 6.52. The summed E-state index contributed by atoms with van der Waals surface area (Å²) < 4.78 is 0. The van der Waals surface area contributed by atoms with Crippen LogP contribution in [-0.2, 0) is 0 Å². The molecule has 4 bridgehead atoms. The lowest BCUT2D eigenvalue weighted by atomic mass is 9.70. The number of fused-ring (bicyclic) bond motifs is 4. The summed E-state index contributed by atoms with van der Waals surface area (Å²) in [5.74, 6) is 6.38. The van der Waals surface area contributed by atoms with Crippen LogP contribution in [0, 0.1) is 35.5 Å². The molecule has 0 aliphatic heterocycles. The monoisotopic (exact) mass is 234 g/mol. The summed E-state index contributed by atoms with van der Waals surface area (Å²) in [5.41, 5.74) is 0. The average molecular weight is 234 g/mol. The van der Waals surface area contributed by atoms with Crippen molar-refractivity contribution >= 4 is 0 Å². The molecule has 5 fully saturated rings. The molecule has 0 aromatic heterocycles. The molecule has 98 valence electrons. The van der Waals surface area contributed by atoms with E-state index >= 15 is 0 Å². The summed E-state index contributed by atoms with van der Waals surface area (Å²) in [4.78, 5) is 0. The molecule has 0 N–H and O–H groups in total. The summed E-state index contributed by atoms with van der Waals surface area (Å²) in [5, 5.41) is 0. The van der Waals surface area contributed by atoms with Gasteiger partial charge >= 0.3 is 0 Å². The first-order chi connectivity index (χ1) is 8.22. The van der Waals surface area contributed by atoms with Crippen LogP contribution in [0.25, 0.3) is 0 Å². The summed E-state index contributed by atoms with van der Waals surface area (Å²) in [6.07, 6.45) is 14.0. The molecule has 0 amide bonds. The van der Waals surface area contributed by atoms with E-state index in [1.54, 1.807) is 44.9 Å². The van der Waals surface area contributed by atoms with E-state index in [1.807, 2.05) is 0 Å². The molecule has 17 heavy (non-hydrogen) atoms. The van der Waals surface area contributed by atoms with Crippen molar-refractivity contribution in [2.75, 3.05) is 0 Å². The zero-order valence-electron chi connectivity index (χ0n) is 11.8. The van der Waals surface area contributed by atoms with Crippen LogP contribution in [0.4, 0.5) is 0 Å². The number of hydrogen-bond donors (Lipinski definition) is 0. The zero-order chi connectivity index (χ0) is 11.8. The van der Waals surface area contributed by atoms with Gasteiger partial charge in [-0.2, -0.15) is 0 Å². The van der Waals surface area contributed by atoms with Crippen LogP contribution in [-0.4, -0.2) is 0 Å². The van der Waals surface area contributed by atoms with Crippen molar-refractivity contribution in [3.63, 3.8) is 0 Å². The Kier molecular flexibility index (Phi) is 3.50. The Hall–Kier alpha value is 0. The Morgan fingerprint density at radius 3 is 1.47 bits per heavy atom. The predicted octanol–water partition coefficient (Wildman–Crippen LogP) is 5.28. The van der Waals surface area contributed by atoms with Gasteiger partial charge in [0.25, 0.3) is 0 Å². The van der Waals surface area contributed by atoms with E-state index in [0.717, 1.165) is 35.5 Å². The lowest BCUT2D eigenvalue weighted by Crippen LogP contribution is -2.24. The molecule has 5 aliphatic rings. The summed E-state index contributed by atoms with van der Waals surface area (Å²) in [7, 11) is 0. The van der Waals surface area contributed by atoms with Crippen molar-refractivity contribution in [1.29, 1.82) is 0 Å². The average Bonchev–Trinajstić information content (AvgIpc) is 2.46. The Morgan fingerprint density at radius 2 is 1.00 bits per heavy atom. The van der Waals surface area contributed by atoms with Crippen LogP contribution < -0.4 is 0 Å². The molecule has 0 saturated heterocycles. The summed E-state index contributed by atoms with van der Waals surface area (Å²) >= 11 is 0. The highest BCUT2D eigenvalue weighted by atomic mass is 14.4. The number of hydrogen-bond acceptors (Lipinski definition) is 0. The smallest absolute Gasteiger partial charge is 0.0386 e. The molecular formula is C17H30. The van der Waals surface area contributed by atoms with E-state index in [1.165, 1.54) is 12.8 Å². The van der Waals surface area contributed by atoms with Crippen LogP contribution in [0.2, 0.25) is 0 Å². The lowest BCUT2D eigenvalue weighted by Gasteiger charge is -2.35. The minimum atomic E-state index is 1.02. The molecule has 0 aromatic rings. The van der Waals surface area contributed by atoms with E-state index < -0.39 is 0 Å². The van der Waals surface area contributed by atoms with Crippen molar-refractivity contribution in [2.45, 2.75) is 71.6 Å². The largest absolute Gasteiger partial charge is 0.0622 e. The highest BCUT2D eigenvalue weighted by Crippen LogP contribution is 2.47. The van der Waals surface area contributed by atoms with Crippen molar-refractivity contribution < 1.29 is 0 Å². The molecule has 6 atom stereocenters. The van der Waals surface area contributed by atoms with Crippen molar-refractivity contribution in [2.24, 2.45) is 35.5 Å². The van der Waals surface area contributed by atoms with Gasteiger partial charge in [-0.25, -0.2) is 0 Å². The van der Waals surface area contributed by atoms with Gasteiger partial charge in [-0.05, 0) is 67.6 Å². The van der Waals surface area contributed by atoms with Gasteiger partial charge in [-0.3, -0.25) is 0 Å². The molecule has 0 heteroatoms. The molecule has 0 nitrogen and oxygen atoms in total. The van der Waals surface area contributed by atoms with Gasteiger partial charge in [0.2, 0.25) is 0 Å². The summed E-state index contributed by atoms with van der Waals surface area (Å²) in [6, 6.07) is 0. The maximum absolute atomic E-state index is 2.55. The Morgan fingerprint density at radius 1 is 0.529 bits per heavy atom. The first-order valence-electron chi connectivity index (χ1n) is 8.22. The van der Waals surface area contributed by atoms with E-state index in [4.69, 9.17) is 0 Å². The van der Waals surface area contributed by atoms with Crippen LogP contribution in [0.15, 0.2) is 0 Å². The van der Waals surface area contributed by atoms with E-state index in [9.17, 15) is 0 Å². The maximum atomic E-state index is 2.55. The highest BCUT2D eigenvalue weighted by molar-refractivity contribution is 4.86. The lowest BCUT2D eigenvalue weighted by molar-refractivity contribution is 0.158. The van der Waals surface area contributed by atoms with E-state index in [2.05, 4.69) is 13.8 Å². The van der Waals surface area contributed by atoms with Gasteiger partial charge in [0.1, 0.15) is 0 Å². The van der Waals surface area contributed by atoms with Gasteiger partial charge in [-0.1, -0.05) is 39.5 Å². The first-order valence-corrected chi connectivity index (χ1v) is 8.22. The predicted molar refractivity (Wildman–Crippen MR) is 73.8 cm³/mol. The van der Waals surface area contributed by atoms with Gasteiger partial charge in [0.05, 0.1) is 0 Å². The van der Waals surface area contributed by atoms with Crippen molar-refractivity contribution in [1.82, 2.24) is 0 Å². The van der Waals surface area contributed by atoms with Crippen molar-refractivity contribution in [3.8, 4) is 0 Å². The van der Waals surface area contributed by atoms with E-state index in [0.29, 0.717) is 0 Å². The molecule has 5 aliphatic carbocycles. The minimum absolute atomic E-state index is 1.02. The molecule has 0 radical (unpaired) electrons. The Labute approximate surface area is 108 Å². The van der Waals surface area contributed by atoms with Crippen LogP contribution in [0.3, 0.4) is 0 Å². The van der Waals surface area contributed by atoms with Gasteiger partial charge in [0, 0.05) is 0 Å². The quantitative estimate of drug-likeness (QED) is 0.535. The van der Waals surface area contributed by atoms with E-state index in [-0.39, 0.29) is 0 Å². The van der Waals surface area contributed by atoms with Gasteiger partial charge in [0.15, 0.2) is 0 Å². The second-order valence-corrected chi connectivity index (χ2v) is 7.65. The molecule has 0 spiro atoms. The molecule has 0 heterocycles. The third kappa shape index (κ3) is 2.56. The highest BCUT2D eigenvalue weighted by Gasteiger charge is 2.35. The van der Waals surface area contributed by atoms with Gasteiger partial charge < -0.3 is 0 Å². The zero-order valence-corrected chi connectivity index (χ0v) is 11.8. The first kappa shape index (κ1) is 12.1. The second-order valence-electron chi connectivity index (χ2n) is 7.65. The standard InChI is InChI=1S/C17H30/c1-12-3-5-14-9-15-6-4-13(2)17(11-14)8-7-16(12)10-15/h12-17H,3-11H2,1-2H3/t12-,13?,14+,15?,16-,17+/m1/s1. The third-order valence-corrected chi connectivity index (χ3v) is 6.52. The SMILES string of the molecule is CC1CCC2C[C@@H]3CC[C@@H](C)[C@H](CC[C@H]1C3)C2. The van der Waals surface area contributed by atoms with Crippen LogP contribution in [0.1, 0.15) is 71.6 Å². The molecule has 0 aromatic carbocycles. The van der Waals surface area contributed by atoms with Crippen molar-refractivity contribution in [3.05, 3.63) is 0 Å². The molecule has 2 unspecified atom stereocenters. The Balaban J connectivity index is 1.88. The normalized spacial score (nSPS) is 51.2. The maximum Gasteiger partial charge on any atom is -0.0386 e. The van der Waals surface area contributed by atoms with Crippen LogP contribution in [0.5, 0.6) is 0 Å². The van der Waals surface area contributed by atoms with Crippen LogP contribution >= 0.6 is 0 Å². The second kappa shape index (κ2) is 4.94.